The fraction of sp³-hybridized carbons (Fsp3) is 0. The number of hydrogen-bond acceptors (Lipinski definition) is 4. The van der Waals surface area contributed by atoms with E-state index in [1.54, 1.807) is 30.6 Å². The Kier molecular flexibility index (Phi) is 3.92. The molecule has 25 heavy (non-hydrogen) atoms. The van der Waals surface area contributed by atoms with Crippen LogP contribution in [0.4, 0.5) is 5.69 Å². The van der Waals surface area contributed by atoms with E-state index in [2.05, 4.69) is 15.0 Å². The van der Waals surface area contributed by atoms with Crippen LogP contribution in [0.5, 0.6) is 5.75 Å². The highest BCUT2D eigenvalue weighted by Crippen LogP contribution is 2.26. The van der Waals surface area contributed by atoms with Crippen molar-refractivity contribution in [1.82, 2.24) is 9.97 Å². The summed E-state index contributed by atoms with van der Waals surface area (Å²) in [5.41, 5.74) is 3.98. The van der Waals surface area contributed by atoms with Crippen LogP contribution in [0, 0.1) is 0 Å². The maximum absolute atomic E-state index is 9.80. The van der Waals surface area contributed by atoms with Gasteiger partial charge in [-0.05, 0) is 30.3 Å². The molecule has 120 valence electrons. The molecule has 0 amide bonds. The molecule has 2 aromatic carbocycles. The van der Waals surface area contributed by atoms with Crippen molar-refractivity contribution in [1.29, 1.82) is 0 Å². The number of para-hydroxylation sites is 3. The van der Waals surface area contributed by atoms with Gasteiger partial charge in [-0.1, -0.05) is 42.5 Å². The van der Waals surface area contributed by atoms with Gasteiger partial charge in [0.05, 0.1) is 23.1 Å². The lowest BCUT2D eigenvalue weighted by Crippen LogP contribution is -1.92. The molecule has 1 N–H and O–H groups in total. The topological polar surface area (TPSA) is 58.4 Å². The van der Waals surface area contributed by atoms with Crippen molar-refractivity contribution in [3.63, 3.8) is 0 Å². The van der Waals surface area contributed by atoms with Crippen LogP contribution in [0.25, 0.3) is 22.2 Å². The predicted octanol–water partition coefficient (Wildman–Crippen LogP) is 4.75. The molecule has 0 aliphatic heterocycles. The van der Waals surface area contributed by atoms with Gasteiger partial charge in [0.25, 0.3) is 0 Å². The minimum atomic E-state index is 0.146. The molecule has 4 rings (SSSR count). The highest BCUT2D eigenvalue weighted by atomic mass is 16.3. The van der Waals surface area contributed by atoms with Crippen LogP contribution < -0.4 is 0 Å². The first-order valence-corrected chi connectivity index (χ1v) is 7.94. The average Bonchev–Trinajstić information content (AvgIpc) is 2.67. The Balaban J connectivity index is 1.73. The van der Waals surface area contributed by atoms with E-state index in [-0.39, 0.29) is 5.75 Å². The number of phenols is 1. The van der Waals surface area contributed by atoms with Gasteiger partial charge >= 0.3 is 0 Å². The summed E-state index contributed by atoms with van der Waals surface area (Å²) >= 11 is 0. The minimum absolute atomic E-state index is 0.146. The van der Waals surface area contributed by atoms with Gasteiger partial charge in [-0.15, -0.1) is 0 Å². The van der Waals surface area contributed by atoms with E-state index in [4.69, 9.17) is 0 Å². The van der Waals surface area contributed by atoms with Crippen LogP contribution in [-0.4, -0.2) is 21.3 Å². The van der Waals surface area contributed by atoms with Gasteiger partial charge in [0.1, 0.15) is 11.4 Å². The Morgan fingerprint density at radius 2 is 1.68 bits per heavy atom. The number of phenolic OH excluding ortho intramolecular Hbond substituents is 1. The number of benzene rings is 2. The standard InChI is InChI=1S/C21H15N3O/c25-20-12-2-1-10-19(20)23-14-16-8-4-11-18(24-16)17-9-3-6-15-7-5-13-22-21(15)17/h1-14,25H/b23-14+. The third-order valence-electron chi connectivity index (χ3n) is 3.90. The molecule has 0 spiro atoms. The molecule has 0 radical (unpaired) electrons. The molecule has 4 heteroatoms. The molecule has 0 saturated carbocycles. The Labute approximate surface area is 145 Å². The number of aromatic hydroxyl groups is 1. The largest absolute Gasteiger partial charge is 0.506 e. The van der Waals surface area contributed by atoms with Gasteiger partial charge in [-0.2, -0.15) is 0 Å². The van der Waals surface area contributed by atoms with Gasteiger partial charge < -0.3 is 5.11 Å². The molecule has 4 nitrogen and oxygen atoms in total. The van der Waals surface area contributed by atoms with Crippen molar-refractivity contribution >= 4 is 22.8 Å². The zero-order valence-corrected chi connectivity index (χ0v) is 13.4. The van der Waals surface area contributed by atoms with Crippen molar-refractivity contribution in [2.24, 2.45) is 4.99 Å². The number of fused-ring (bicyclic) bond motifs is 1. The lowest BCUT2D eigenvalue weighted by Gasteiger charge is -2.06. The molecule has 2 heterocycles. The summed E-state index contributed by atoms with van der Waals surface area (Å²) in [7, 11) is 0. The fourth-order valence-corrected chi connectivity index (χ4v) is 2.69. The number of aromatic nitrogens is 2. The van der Waals surface area contributed by atoms with Gasteiger partial charge in [-0.25, -0.2) is 4.98 Å². The molecule has 0 fully saturated rings. The Hall–Kier alpha value is -3.53. The molecule has 0 bridgehead atoms. The summed E-state index contributed by atoms with van der Waals surface area (Å²) < 4.78 is 0. The molecule has 0 unspecified atom stereocenters. The number of nitrogens with zero attached hydrogens (tertiary/aromatic N) is 3. The number of rotatable bonds is 3. The summed E-state index contributed by atoms with van der Waals surface area (Å²) in [6.45, 7) is 0. The predicted molar refractivity (Wildman–Crippen MR) is 100 cm³/mol. The average molecular weight is 325 g/mol. The molecule has 0 atom stereocenters. The number of aliphatic imine (C=N–C) groups is 1. The first kappa shape index (κ1) is 15.0. The number of pyridine rings is 2. The second-order valence-electron chi connectivity index (χ2n) is 5.58. The molecular formula is C21H15N3O. The monoisotopic (exact) mass is 325 g/mol. The lowest BCUT2D eigenvalue weighted by molar-refractivity contribution is 0.477. The first-order chi connectivity index (χ1) is 12.3. The summed E-state index contributed by atoms with van der Waals surface area (Å²) in [4.78, 5) is 13.5. The highest BCUT2D eigenvalue weighted by molar-refractivity contribution is 5.93. The van der Waals surface area contributed by atoms with Gasteiger partial charge in [0.2, 0.25) is 0 Å². The third-order valence-corrected chi connectivity index (χ3v) is 3.90. The van der Waals surface area contributed by atoms with E-state index >= 15 is 0 Å². The Morgan fingerprint density at radius 1 is 0.840 bits per heavy atom. The third kappa shape index (κ3) is 3.10. The van der Waals surface area contributed by atoms with Crippen LogP contribution in [-0.2, 0) is 0 Å². The molecular weight excluding hydrogens is 310 g/mol. The van der Waals surface area contributed by atoms with Crippen LogP contribution in [0.3, 0.4) is 0 Å². The number of hydrogen-bond donors (Lipinski definition) is 1. The Morgan fingerprint density at radius 3 is 2.60 bits per heavy atom. The Bertz CT molecular complexity index is 1070. The van der Waals surface area contributed by atoms with Crippen LogP contribution in [0.1, 0.15) is 5.69 Å². The first-order valence-electron chi connectivity index (χ1n) is 7.94. The molecule has 0 aliphatic carbocycles. The smallest absolute Gasteiger partial charge is 0.141 e. The normalized spacial score (nSPS) is 11.2. The lowest BCUT2D eigenvalue weighted by atomic mass is 10.1. The zero-order chi connectivity index (χ0) is 17.1. The zero-order valence-electron chi connectivity index (χ0n) is 13.4. The fourth-order valence-electron chi connectivity index (χ4n) is 2.69. The summed E-state index contributed by atoms with van der Waals surface area (Å²) in [6, 6.07) is 22.8. The molecule has 2 aromatic heterocycles. The van der Waals surface area contributed by atoms with Crippen LogP contribution >= 0.6 is 0 Å². The van der Waals surface area contributed by atoms with E-state index in [1.165, 1.54) is 0 Å². The van der Waals surface area contributed by atoms with Crippen molar-refractivity contribution in [3.8, 4) is 17.0 Å². The highest BCUT2D eigenvalue weighted by Gasteiger charge is 2.06. The van der Waals surface area contributed by atoms with Crippen molar-refractivity contribution < 1.29 is 5.11 Å². The van der Waals surface area contributed by atoms with Gasteiger partial charge in [-0.3, -0.25) is 9.98 Å². The molecule has 4 aromatic rings. The summed E-state index contributed by atoms with van der Waals surface area (Å²) in [5.74, 6) is 0.146. The molecule has 0 saturated heterocycles. The quantitative estimate of drug-likeness (QED) is 0.553. The van der Waals surface area contributed by atoms with Crippen LogP contribution in [0.2, 0.25) is 0 Å². The second-order valence-corrected chi connectivity index (χ2v) is 5.58. The maximum atomic E-state index is 9.80. The van der Waals surface area contributed by atoms with Gasteiger partial charge in [0, 0.05) is 17.1 Å². The SMILES string of the molecule is Oc1ccccc1/N=C/c1cccc(-c2cccc3cccnc23)n1. The minimum Gasteiger partial charge on any atom is -0.506 e. The van der Waals surface area contributed by atoms with E-state index in [9.17, 15) is 5.11 Å². The van der Waals surface area contributed by atoms with Gasteiger partial charge in [0.15, 0.2) is 0 Å². The molecule has 0 aliphatic rings. The maximum Gasteiger partial charge on any atom is 0.141 e. The van der Waals surface area contributed by atoms with Crippen molar-refractivity contribution in [2.45, 2.75) is 0 Å². The van der Waals surface area contributed by atoms with E-state index in [0.29, 0.717) is 11.4 Å². The van der Waals surface area contributed by atoms with Crippen molar-refractivity contribution in [3.05, 3.63) is 84.7 Å². The van der Waals surface area contributed by atoms with E-state index in [0.717, 1.165) is 22.2 Å². The summed E-state index contributed by atoms with van der Waals surface area (Å²) in [5, 5.41) is 10.9. The van der Waals surface area contributed by atoms with E-state index < -0.39 is 0 Å². The van der Waals surface area contributed by atoms with Crippen molar-refractivity contribution in [2.75, 3.05) is 0 Å². The second kappa shape index (κ2) is 6.53. The summed E-state index contributed by atoms with van der Waals surface area (Å²) in [6.07, 6.45) is 3.44. The van der Waals surface area contributed by atoms with E-state index in [1.807, 2.05) is 54.6 Å². The van der Waals surface area contributed by atoms with Crippen LogP contribution in [0.15, 0.2) is 84.0 Å².